The summed E-state index contributed by atoms with van der Waals surface area (Å²) in [6.07, 6.45) is 15.0. The smallest absolute Gasteiger partial charge is 0.132 e. The molecule has 3 aliphatic rings. The van der Waals surface area contributed by atoms with E-state index in [9.17, 15) is 0 Å². The molecule has 0 atom stereocenters. The summed E-state index contributed by atoms with van der Waals surface area (Å²) in [6, 6.07) is 0. The van der Waals surface area contributed by atoms with Gasteiger partial charge in [-0.15, -0.1) is 0 Å². The van der Waals surface area contributed by atoms with Gasteiger partial charge in [-0.25, -0.2) is 4.99 Å². The van der Waals surface area contributed by atoms with Gasteiger partial charge in [0, 0.05) is 25.5 Å². The molecule has 3 heterocycles. The van der Waals surface area contributed by atoms with Crippen molar-refractivity contribution in [3.8, 4) is 0 Å². The number of hydrogen-bond acceptors (Lipinski definition) is 5. The van der Waals surface area contributed by atoms with E-state index in [0.717, 1.165) is 30.1 Å². The molecule has 138 valence electrons. The lowest BCUT2D eigenvalue weighted by Gasteiger charge is -2.33. The zero-order valence-electron chi connectivity index (χ0n) is 15.5. The summed E-state index contributed by atoms with van der Waals surface area (Å²) >= 11 is 0. The Kier molecular flexibility index (Phi) is 5.61. The van der Waals surface area contributed by atoms with Gasteiger partial charge in [-0.05, 0) is 55.1 Å². The van der Waals surface area contributed by atoms with E-state index in [0.29, 0.717) is 11.7 Å². The van der Waals surface area contributed by atoms with Gasteiger partial charge in [0.05, 0.1) is 17.1 Å². The van der Waals surface area contributed by atoms with E-state index in [1.54, 1.807) is 6.08 Å². The number of likely N-dealkylation sites (tertiary alicyclic amines) is 1. The van der Waals surface area contributed by atoms with E-state index in [2.05, 4.69) is 32.8 Å². The van der Waals surface area contributed by atoms with Gasteiger partial charge in [-0.3, -0.25) is 0 Å². The van der Waals surface area contributed by atoms with Crippen LogP contribution in [-0.2, 0) is 0 Å². The van der Waals surface area contributed by atoms with Gasteiger partial charge >= 0.3 is 0 Å². The maximum atomic E-state index is 7.47. The molecule has 0 aliphatic carbocycles. The van der Waals surface area contributed by atoms with Gasteiger partial charge in [0.15, 0.2) is 0 Å². The molecule has 1 fully saturated rings. The Morgan fingerprint density at radius 3 is 2.69 bits per heavy atom. The first-order valence-electron chi connectivity index (χ1n) is 9.26. The Labute approximate surface area is 155 Å². The first kappa shape index (κ1) is 18.0. The summed E-state index contributed by atoms with van der Waals surface area (Å²) in [6.45, 7) is 6.28. The van der Waals surface area contributed by atoms with Crippen LogP contribution in [0.3, 0.4) is 0 Å². The van der Waals surface area contributed by atoms with Crippen LogP contribution in [0, 0.1) is 11.3 Å². The molecule has 6 heteroatoms. The van der Waals surface area contributed by atoms with Crippen molar-refractivity contribution in [2.24, 2.45) is 16.6 Å². The number of hydrogen-bond donors (Lipinski definition) is 4. The van der Waals surface area contributed by atoms with Gasteiger partial charge in [-0.1, -0.05) is 13.8 Å². The second kappa shape index (κ2) is 8.08. The van der Waals surface area contributed by atoms with E-state index < -0.39 is 0 Å². The largest absolute Gasteiger partial charge is 0.384 e. The predicted octanol–water partition coefficient (Wildman–Crippen LogP) is 2.72. The topological polar surface area (TPSA) is 89.5 Å². The molecule has 0 aromatic carbocycles. The summed E-state index contributed by atoms with van der Waals surface area (Å²) in [5.74, 6) is 1.33. The summed E-state index contributed by atoms with van der Waals surface area (Å²) in [5.41, 5.74) is 10.1. The molecule has 0 bridgehead atoms. The third-order valence-corrected chi connectivity index (χ3v) is 4.75. The highest BCUT2D eigenvalue weighted by molar-refractivity contribution is 5.97. The third-order valence-electron chi connectivity index (χ3n) is 4.75. The number of amidine groups is 1. The number of allylic oxidation sites excluding steroid dienone is 4. The van der Waals surface area contributed by atoms with Crippen molar-refractivity contribution in [2.75, 3.05) is 13.1 Å². The Balaban J connectivity index is 1.74. The van der Waals surface area contributed by atoms with Gasteiger partial charge in [0.2, 0.25) is 0 Å². The molecular formula is C20H28N6. The summed E-state index contributed by atoms with van der Waals surface area (Å²) in [5, 5.41) is 14.2. The van der Waals surface area contributed by atoms with Crippen LogP contribution in [0.4, 0.5) is 0 Å². The molecule has 0 saturated carbocycles. The standard InChI is InChI=1S/C20H28N6/c1-14(2)15(12-21)10-19(22)25-20-7-6-17-18(24-20)11-16(13-23-17)26-8-4-3-5-9-26/h6-7,10-14,21,23-24H,3-5,8-9H2,1-2H3,(H2,22,25). The summed E-state index contributed by atoms with van der Waals surface area (Å²) < 4.78 is 0. The van der Waals surface area contributed by atoms with Crippen molar-refractivity contribution in [2.45, 2.75) is 33.1 Å². The quantitative estimate of drug-likeness (QED) is 0.452. The van der Waals surface area contributed by atoms with Gasteiger partial charge in [0.1, 0.15) is 11.7 Å². The van der Waals surface area contributed by atoms with E-state index >= 15 is 0 Å². The van der Waals surface area contributed by atoms with E-state index in [4.69, 9.17) is 11.1 Å². The summed E-state index contributed by atoms with van der Waals surface area (Å²) in [7, 11) is 0. The molecule has 0 unspecified atom stereocenters. The molecule has 3 aliphatic heterocycles. The van der Waals surface area contributed by atoms with Crippen LogP contribution in [0.1, 0.15) is 33.1 Å². The lowest BCUT2D eigenvalue weighted by Crippen LogP contribution is -2.33. The SMILES string of the molecule is CC(C)C(C=N)=CC(N)=NC1=CC=C2NC=C(N3CCCCC3)C=C2N1. The minimum absolute atomic E-state index is 0.239. The molecule has 0 aromatic heterocycles. The molecule has 6 nitrogen and oxygen atoms in total. The lowest BCUT2D eigenvalue weighted by molar-refractivity contribution is 0.291. The van der Waals surface area contributed by atoms with Gasteiger partial charge in [0.25, 0.3) is 0 Å². The number of aliphatic imine (C=N–C) groups is 1. The Morgan fingerprint density at radius 1 is 1.23 bits per heavy atom. The maximum Gasteiger partial charge on any atom is 0.132 e. The number of rotatable bonds is 5. The summed E-state index contributed by atoms with van der Waals surface area (Å²) in [4.78, 5) is 6.87. The number of nitrogens with two attached hydrogens (primary N) is 1. The maximum absolute atomic E-state index is 7.47. The van der Waals surface area contributed by atoms with Crippen LogP contribution in [0.5, 0.6) is 0 Å². The highest BCUT2D eigenvalue weighted by atomic mass is 15.2. The van der Waals surface area contributed by atoms with E-state index in [-0.39, 0.29) is 5.92 Å². The fourth-order valence-corrected chi connectivity index (χ4v) is 3.20. The van der Waals surface area contributed by atoms with Crippen molar-refractivity contribution in [1.29, 1.82) is 5.41 Å². The number of nitrogens with one attached hydrogen (secondary N) is 3. The number of fused-ring (bicyclic) bond motifs is 1. The Bertz CT molecular complexity index is 742. The number of dihydropyridines is 2. The molecule has 0 spiro atoms. The van der Waals surface area contributed by atoms with Crippen LogP contribution < -0.4 is 16.4 Å². The minimum Gasteiger partial charge on any atom is -0.384 e. The molecule has 0 radical (unpaired) electrons. The average Bonchev–Trinajstić information content (AvgIpc) is 2.66. The zero-order chi connectivity index (χ0) is 18.5. The fraction of sp³-hybridized carbons (Fsp3) is 0.400. The van der Waals surface area contributed by atoms with E-state index in [1.807, 2.05) is 26.0 Å². The van der Waals surface area contributed by atoms with Crippen molar-refractivity contribution < 1.29 is 0 Å². The second-order valence-electron chi connectivity index (χ2n) is 7.06. The predicted molar refractivity (Wildman–Crippen MR) is 107 cm³/mol. The molecule has 0 aromatic rings. The van der Waals surface area contributed by atoms with Crippen LogP contribution >= 0.6 is 0 Å². The van der Waals surface area contributed by atoms with Crippen LogP contribution in [0.2, 0.25) is 0 Å². The molecule has 1 saturated heterocycles. The average molecular weight is 352 g/mol. The Hall–Kier alpha value is -2.76. The number of nitrogens with zero attached hydrogens (tertiary/aromatic N) is 2. The number of piperidine rings is 1. The van der Waals surface area contributed by atoms with Crippen molar-refractivity contribution in [3.05, 3.63) is 59.0 Å². The minimum atomic E-state index is 0.239. The molecule has 3 rings (SSSR count). The first-order valence-corrected chi connectivity index (χ1v) is 9.26. The van der Waals surface area contributed by atoms with Crippen LogP contribution in [-0.4, -0.2) is 30.0 Å². The highest BCUT2D eigenvalue weighted by Gasteiger charge is 2.19. The normalized spacial score (nSPS) is 21.0. The first-order chi connectivity index (χ1) is 12.6. The third kappa shape index (κ3) is 4.25. The van der Waals surface area contributed by atoms with Gasteiger partial charge < -0.3 is 26.7 Å². The van der Waals surface area contributed by atoms with E-state index in [1.165, 1.54) is 31.2 Å². The molecule has 26 heavy (non-hydrogen) atoms. The van der Waals surface area contributed by atoms with Crippen molar-refractivity contribution in [1.82, 2.24) is 15.5 Å². The second-order valence-corrected chi connectivity index (χ2v) is 7.06. The molecule has 5 N–H and O–H groups in total. The molecular weight excluding hydrogens is 324 g/mol. The van der Waals surface area contributed by atoms with Crippen LogP contribution in [0.25, 0.3) is 0 Å². The zero-order valence-corrected chi connectivity index (χ0v) is 15.5. The van der Waals surface area contributed by atoms with Gasteiger partial charge in [-0.2, -0.15) is 0 Å². The van der Waals surface area contributed by atoms with Crippen molar-refractivity contribution in [3.63, 3.8) is 0 Å². The fourth-order valence-electron chi connectivity index (χ4n) is 3.20. The highest BCUT2D eigenvalue weighted by Crippen LogP contribution is 2.23. The monoisotopic (exact) mass is 352 g/mol. The lowest BCUT2D eigenvalue weighted by atomic mass is 10.0. The molecule has 0 amide bonds. The van der Waals surface area contributed by atoms with Crippen LogP contribution in [0.15, 0.2) is 64.0 Å². The Morgan fingerprint density at radius 2 is 2.00 bits per heavy atom. The van der Waals surface area contributed by atoms with Crippen molar-refractivity contribution >= 4 is 12.1 Å².